The molecule has 0 unspecified atom stereocenters. The molecule has 0 heterocycles. The first kappa shape index (κ1) is 15.9. The van der Waals surface area contributed by atoms with Gasteiger partial charge in [0, 0.05) is 10.6 Å². The van der Waals surface area contributed by atoms with Crippen LogP contribution in [0.2, 0.25) is 5.02 Å². The third-order valence-electron chi connectivity index (χ3n) is 5.44. The molecular weight excluding hydrogens is 266 g/mol. The van der Waals surface area contributed by atoms with Crippen LogP contribution >= 0.6 is 11.6 Å². The molecular formula is C18H28ClN. The maximum atomic E-state index is 6.65. The summed E-state index contributed by atoms with van der Waals surface area (Å²) in [5, 5.41) is 0.812. The van der Waals surface area contributed by atoms with Crippen molar-refractivity contribution in [1.82, 2.24) is 0 Å². The molecule has 0 saturated heterocycles. The van der Waals surface area contributed by atoms with Crippen LogP contribution in [0.3, 0.4) is 0 Å². The molecule has 1 aliphatic carbocycles. The molecule has 0 atom stereocenters. The molecule has 0 bridgehead atoms. The normalized spacial score (nSPS) is 27.6. The second kappa shape index (κ2) is 6.07. The summed E-state index contributed by atoms with van der Waals surface area (Å²) in [6, 6.07) is 8.14. The summed E-state index contributed by atoms with van der Waals surface area (Å²) in [5.41, 5.74) is 8.34. The summed E-state index contributed by atoms with van der Waals surface area (Å²) >= 11 is 6.07. The topological polar surface area (TPSA) is 26.0 Å². The molecule has 0 radical (unpaired) electrons. The van der Waals surface area contributed by atoms with Crippen LogP contribution < -0.4 is 5.73 Å². The SMILES string of the molecule is CCC(C)(C)C1CCC(N)(Cc2cccc(Cl)c2)CC1. The van der Waals surface area contributed by atoms with Crippen LogP contribution in [0.15, 0.2) is 24.3 Å². The quantitative estimate of drug-likeness (QED) is 0.810. The summed E-state index contributed by atoms with van der Waals surface area (Å²) in [6.45, 7) is 7.10. The molecule has 2 N–H and O–H groups in total. The number of benzene rings is 1. The molecule has 1 aliphatic rings. The van der Waals surface area contributed by atoms with Crippen LogP contribution in [0, 0.1) is 11.3 Å². The first-order valence-electron chi connectivity index (χ1n) is 7.88. The van der Waals surface area contributed by atoms with E-state index in [1.54, 1.807) is 0 Å². The Labute approximate surface area is 128 Å². The highest BCUT2D eigenvalue weighted by atomic mass is 35.5. The average molecular weight is 294 g/mol. The maximum Gasteiger partial charge on any atom is 0.0408 e. The molecule has 0 spiro atoms. The van der Waals surface area contributed by atoms with Crippen LogP contribution in [0.25, 0.3) is 0 Å². The van der Waals surface area contributed by atoms with E-state index in [1.807, 2.05) is 12.1 Å². The highest BCUT2D eigenvalue weighted by molar-refractivity contribution is 6.30. The monoisotopic (exact) mass is 293 g/mol. The molecule has 2 heteroatoms. The van der Waals surface area contributed by atoms with Crippen LogP contribution in [-0.4, -0.2) is 5.54 Å². The third kappa shape index (κ3) is 3.77. The number of hydrogen-bond acceptors (Lipinski definition) is 1. The molecule has 0 amide bonds. The van der Waals surface area contributed by atoms with Gasteiger partial charge in [-0.1, -0.05) is 50.9 Å². The number of rotatable bonds is 4. The predicted molar refractivity (Wildman–Crippen MR) is 88.1 cm³/mol. The summed E-state index contributed by atoms with van der Waals surface area (Å²) in [4.78, 5) is 0. The fraction of sp³-hybridized carbons (Fsp3) is 0.667. The molecule has 1 aromatic rings. The van der Waals surface area contributed by atoms with E-state index in [0.29, 0.717) is 5.41 Å². The van der Waals surface area contributed by atoms with Gasteiger partial charge in [0.05, 0.1) is 0 Å². The Balaban J connectivity index is 1.98. The Morgan fingerprint density at radius 2 is 1.95 bits per heavy atom. The van der Waals surface area contributed by atoms with E-state index in [-0.39, 0.29) is 5.54 Å². The van der Waals surface area contributed by atoms with Crippen molar-refractivity contribution in [1.29, 1.82) is 0 Å². The number of hydrogen-bond donors (Lipinski definition) is 1. The van der Waals surface area contributed by atoms with E-state index in [0.717, 1.165) is 30.2 Å². The van der Waals surface area contributed by atoms with E-state index in [1.165, 1.54) is 24.8 Å². The van der Waals surface area contributed by atoms with Gasteiger partial charge in [-0.3, -0.25) is 0 Å². The lowest BCUT2D eigenvalue weighted by Gasteiger charge is -2.43. The summed E-state index contributed by atoms with van der Waals surface area (Å²) in [5.74, 6) is 0.823. The van der Waals surface area contributed by atoms with Crippen LogP contribution in [0.4, 0.5) is 0 Å². The van der Waals surface area contributed by atoms with Gasteiger partial charge in [-0.25, -0.2) is 0 Å². The molecule has 1 nitrogen and oxygen atoms in total. The van der Waals surface area contributed by atoms with E-state index >= 15 is 0 Å². The van der Waals surface area contributed by atoms with E-state index < -0.39 is 0 Å². The highest BCUT2D eigenvalue weighted by Crippen LogP contribution is 2.43. The first-order chi connectivity index (χ1) is 9.35. The minimum atomic E-state index is -0.0367. The smallest absolute Gasteiger partial charge is 0.0408 e. The van der Waals surface area contributed by atoms with Gasteiger partial charge >= 0.3 is 0 Å². The average Bonchev–Trinajstić information content (AvgIpc) is 2.39. The Kier molecular flexibility index (Phi) is 4.81. The third-order valence-corrected chi connectivity index (χ3v) is 5.68. The van der Waals surface area contributed by atoms with Crippen molar-refractivity contribution >= 4 is 11.6 Å². The second-order valence-electron chi connectivity index (χ2n) is 7.29. The van der Waals surface area contributed by atoms with E-state index in [9.17, 15) is 0 Å². The van der Waals surface area contributed by atoms with Gasteiger partial charge in [0.1, 0.15) is 0 Å². The summed E-state index contributed by atoms with van der Waals surface area (Å²) < 4.78 is 0. The van der Waals surface area contributed by atoms with E-state index in [4.69, 9.17) is 17.3 Å². The highest BCUT2D eigenvalue weighted by Gasteiger charge is 2.37. The van der Waals surface area contributed by atoms with Crippen molar-refractivity contribution < 1.29 is 0 Å². The number of nitrogens with two attached hydrogens (primary N) is 1. The molecule has 1 fully saturated rings. The van der Waals surface area contributed by atoms with Crippen molar-refractivity contribution in [3.63, 3.8) is 0 Å². The first-order valence-corrected chi connectivity index (χ1v) is 8.26. The van der Waals surface area contributed by atoms with Crippen LogP contribution in [0.5, 0.6) is 0 Å². The van der Waals surface area contributed by atoms with Crippen LogP contribution in [-0.2, 0) is 6.42 Å². The van der Waals surface area contributed by atoms with Crippen molar-refractivity contribution in [2.24, 2.45) is 17.1 Å². The van der Waals surface area contributed by atoms with Gasteiger partial charge in [0.25, 0.3) is 0 Å². The Bertz CT molecular complexity index is 444. The van der Waals surface area contributed by atoms with E-state index in [2.05, 4.69) is 32.9 Å². The summed E-state index contributed by atoms with van der Waals surface area (Å²) in [7, 11) is 0. The Morgan fingerprint density at radius 3 is 2.50 bits per heavy atom. The zero-order chi connectivity index (χ0) is 14.8. The zero-order valence-electron chi connectivity index (χ0n) is 13.1. The Morgan fingerprint density at radius 1 is 1.30 bits per heavy atom. The predicted octanol–water partition coefficient (Wildman–Crippen LogP) is 5.21. The molecule has 20 heavy (non-hydrogen) atoms. The van der Waals surface area contributed by atoms with Crippen LogP contribution in [0.1, 0.15) is 58.4 Å². The van der Waals surface area contributed by atoms with Gasteiger partial charge < -0.3 is 5.73 Å². The fourth-order valence-corrected chi connectivity index (χ4v) is 3.71. The fourth-order valence-electron chi connectivity index (χ4n) is 3.49. The Hall–Kier alpha value is -0.530. The lowest BCUT2D eigenvalue weighted by molar-refractivity contribution is 0.115. The van der Waals surface area contributed by atoms with Crippen molar-refractivity contribution in [3.8, 4) is 0 Å². The molecule has 0 aliphatic heterocycles. The number of halogens is 1. The van der Waals surface area contributed by atoms with Gasteiger partial charge in [-0.2, -0.15) is 0 Å². The van der Waals surface area contributed by atoms with Gasteiger partial charge in [0.2, 0.25) is 0 Å². The molecule has 1 saturated carbocycles. The molecule has 0 aromatic heterocycles. The van der Waals surface area contributed by atoms with Gasteiger partial charge in [0.15, 0.2) is 0 Å². The van der Waals surface area contributed by atoms with Gasteiger partial charge in [-0.15, -0.1) is 0 Å². The standard InChI is InChI=1S/C18H28ClN/c1-4-17(2,3)15-8-10-18(20,11-9-15)13-14-6-5-7-16(19)12-14/h5-7,12,15H,4,8-11,13,20H2,1-3H3. The van der Waals surface area contributed by atoms with Crippen molar-refractivity contribution in [3.05, 3.63) is 34.9 Å². The second-order valence-corrected chi connectivity index (χ2v) is 7.72. The van der Waals surface area contributed by atoms with Crippen molar-refractivity contribution in [2.45, 2.75) is 64.8 Å². The molecule has 1 aromatic carbocycles. The lowest BCUT2D eigenvalue weighted by atomic mass is 9.65. The molecule has 112 valence electrons. The summed E-state index contributed by atoms with van der Waals surface area (Å²) in [6.07, 6.45) is 6.99. The molecule has 2 rings (SSSR count). The lowest BCUT2D eigenvalue weighted by Crippen LogP contribution is -2.47. The minimum absolute atomic E-state index is 0.0367. The zero-order valence-corrected chi connectivity index (χ0v) is 13.8. The van der Waals surface area contributed by atoms with Crippen molar-refractivity contribution in [2.75, 3.05) is 0 Å². The maximum absolute atomic E-state index is 6.65. The largest absolute Gasteiger partial charge is 0.325 e. The minimum Gasteiger partial charge on any atom is -0.325 e. The van der Waals surface area contributed by atoms with Gasteiger partial charge in [-0.05, 0) is 61.1 Å².